The minimum absolute atomic E-state index is 0.0532. The number of Topliss-reactive ketones (excluding diaryl/α,β-unsaturated/α-hetero) is 1. The number of carbonyl (C=O) groups excluding carboxylic acids is 1. The van der Waals surface area contributed by atoms with Crippen molar-refractivity contribution >= 4 is 23.1 Å². The lowest BCUT2D eigenvalue weighted by molar-refractivity contribution is -0.385. The Morgan fingerprint density at radius 1 is 1.44 bits per heavy atom. The van der Waals surface area contributed by atoms with Crippen LogP contribution in [0.4, 0.5) is 11.4 Å². The van der Waals surface area contributed by atoms with E-state index < -0.39 is 22.7 Å². The molecule has 2 N–H and O–H groups in total. The minimum Gasteiger partial charge on any atom is -0.480 e. The van der Waals surface area contributed by atoms with E-state index in [9.17, 15) is 19.7 Å². The standard InChI is InChI=1S/C11H12N2O5/c1-6(11(15)16)12-8-3-4-10(13(17)18)9(5-8)7(2)14/h3-6,12H,1-2H3,(H,15,16)/t6-/m0/s1. The zero-order valence-corrected chi connectivity index (χ0v) is 9.84. The summed E-state index contributed by atoms with van der Waals surface area (Å²) in [5.74, 6) is -1.51. The number of rotatable bonds is 5. The van der Waals surface area contributed by atoms with Crippen molar-refractivity contribution in [1.82, 2.24) is 0 Å². The molecular formula is C11H12N2O5. The SMILES string of the molecule is CC(=O)c1cc(N[C@@H](C)C(=O)O)ccc1[N+](=O)[O-]. The zero-order valence-electron chi connectivity index (χ0n) is 9.84. The number of carbonyl (C=O) groups is 2. The minimum atomic E-state index is -1.06. The zero-order chi connectivity index (χ0) is 13.9. The molecule has 0 saturated heterocycles. The van der Waals surface area contributed by atoms with E-state index >= 15 is 0 Å². The van der Waals surface area contributed by atoms with E-state index in [1.807, 2.05) is 0 Å². The summed E-state index contributed by atoms with van der Waals surface area (Å²) in [6.45, 7) is 2.64. The van der Waals surface area contributed by atoms with Gasteiger partial charge in [0.05, 0.1) is 10.5 Å². The van der Waals surface area contributed by atoms with Gasteiger partial charge in [-0.15, -0.1) is 0 Å². The van der Waals surface area contributed by atoms with Gasteiger partial charge < -0.3 is 10.4 Å². The number of carboxylic acid groups (broad SMARTS) is 1. The lowest BCUT2D eigenvalue weighted by atomic mass is 10.1. The summed E-state index contributed by atoms with van der Waals surface area (Å²) >= 11 is 0. The molecule has 0 bridgehead atoms. The van der Waals surface area contributed by atoms with Crippen LogP contribution < -0.4 is 5.32 Å². The Labute approximate surface area is 103 Å². The highest BCUT2D eigenvalue weighted by Gasteiger charge is 2.19. The van der Waals surface area contributed by atoms with E-state index in [4.69, 9.17) is 5.11 Å². The molecule has 0 unspecified atom stereocenters. The fourth-order valence-corrected chi connectivity index (χ4v) is 1.38. The molecule has 1 atom stereocenters. The van der Waals surface area contributed by atoms with E-state index in [-0.39, 0.29) is 11.3 Å². The van der Waals surface area contributed by atoms with Gasteiger partial charge in [0, 0.05) is 11.8 Å². The predicted molar refractivity (Wildman–Crippen MR) is 63.8 cm³/mol. The number of nitrogens with one attached hydrogen (secondary N) is 1. The van der Waals surface area contributed by atoms with Crippen LogP contribution in [-0.4, -0.2) is 27.8 Å². The van der Waals surface area contributed by atoms with Gasteiger partial charge in [0.15, 0.2) is 5.78 Å². The van der Waals surface area contributed by atoms with Crippen molar-refractivity contribution in [2.24, 2.45) is 0 Å². The lowest BCUT2D eigenvalue weighted by Gasteiger charge is -2.11. The molecule has 1 aromatic rings. The summed E-state index contributed by atoms with van der Waals surface area (Å²) in [5, 5.41) is 22.1. The average Bonchev–Trinajstić information content (AvgIpc) is 2.28. The molecule has 0 fully saturated rings. The van der Waals surface area contributed by atoms with Gasteiger partial charge >= 0.3 is 5.97 Å². The van der Waals surface area contributed by atoms with Crippen molar-refractivity contribution in [2.45, 2.75) is 19.9 Å². The van der Waals surface area contributed by atoms with Crippen LogP contribution in [0.25, 0.3) is 0 Å². The molecule has 0 aliphatic heterocycles. The first-order chi connectivity index (χ1) is 8.32. The summed E-state index contributed by atoms with van der Waals surface area (Å²) in [6, 6.07) is 2.96. The second-order valence-electron chi connectivity index (χ2n) is 3.75. The summed E-state index contributed by atoms with van der Waals surface area (Å²) < 4.78 is 0. The molecule has 1 rings (SSSR count). The second kappa shape index (κ2) is 5.26. The van der Waals surface area contributed by atoms with Gasteiger partial charge in [-0.2, -0.15) is 0 Å². The number of benzene rings is 1. The Balaban J connectivity index is 3.11. The third kappa shape index (κ3) is 3.03. The number of hydrogen-bond acceptors (Lipinski definition) is 5. The van der Waals surface area contributed by atoms with E-state index in [1.54, 1.807) is 0 Å². The Bertz CT molecular complexity index is 512. The van der Waals surface area contributed by atoms with Crippen LogP contribution in [0.1, 0.15) is 24.2 Å². The van der Waals surface area contributed by atoms with Crippen molar-refractivity contribution < 1.29 is 19.6 Å². The number of aliphatic carboxylic acids is 1. The molecular weight excluding hydrogens is 240 g/mol. The Hall–Kier alpha value is -2.44. The maximum atomic E-state index is 11.3. The maximum Gasteiger partial charge on any atom is 0.325 e. The summed E-state index contributed by atoms with van der Waals surface area (Å²) in [6.07, 6.45) is 0. The number of nitrogens with zero attached hydrogens (tertiary/aromatic N) is 1. The molecule has 0 aromatic heterocycles. The van der Waals surface area contributed by atoms with Crippen molar-refractivity contribution in [3.05, 3.63) is 33.9 Å². The van der Waals surface area contributed by atoms with Crippen LogP contribution in [0.5, 0.6) is 0 Å². The molecule has 18 heavy (non-hydrogen) atoms. The smallest absolute Gasteiger partial charge is 0.325 e. The van der Waals surface area contributed by atoms with Crippen molar-refractivity contribution in [3.8, 4) is 0 Å². The van der Waals surface area contributed by atoms with Crippen LogP contribution >= 0.6 is 0 Å². The van der Waals surface area contributed by atoms with E-state index in [0.717, 1.165) is 0 Å². The topological polar surface area (TPSA) is 110 Å². The first kappa shape index (κ1) is 13.6. The highest BCUT2D eigenvalue weighted by molar-refractivity contribution is 5.99. The van der Waals surface area contributed by atoms with Crippen molar-refractivity contribution in [3.63, 3.8) is 0 Å². The molecule has 0 heterocycles. The quantitative estimate of drug-likeness (QED) is 0.468. The number of hydrogen-bond donors (Lipinski definition) is 2. The van der Waals surface area contributed by atoms with Gasteiger partial charge in [0.1, 0.15) is 6.04 Å². The first-order valence-corrected chi connectivity index (χ1v) is 5.11. The number of carboxylic acids is 1. The highest BCUT2D eigenvalue weighted by Crippen LogP contribution is 2.23. The molecule has 0 amide bonds. The van der Waals surface area contributed by atoms with Gasteiger partial charge in [-0.05, 0) is 26.0 Å². The van der Waals surface area contributed by atoms with E-state index in [0.29, 0.717) is 5.69 Å². The number of nitro benzene ring substituents is 1. The lowest BCUT2D eigenvalue weighted by Crippen LogP contribution is -2.25. The van der Waals surface area contributed by atoms with E-state index in [2.05, 4.69) is 5.32 Å². The Kier molecular flexibility index (Phi) is 3.98. The van der Waals surface area contributed by atoms with Crippen molar-refractivity contribution in [2.75, 3.05) is 5.32 Å². The molecule has 0 saturated carbocycles. The third-order valence-corrected chi connectivity index (χ3v) is 2.33. The Morgan fingerprint density at radius 2 is 2.06 bits per heavy atom. The number of nitro groups is 1. The summed E-state index contributed by atoms with van der Waals surface area (Å²) in [4.78, 5) is 32.0. The summed E-state index contributed by atoms with van der Waals surface area (Å²) in [5.41, 5.74) is -0.000633. The molecule has 0 radical (unpaired) electrons. The van der Waals surface area contributed by atoms with Crippen LogP contribution in [0.3, 0.4) is 0 Å². The molecule has 0 aliphatic rings. The molecule has 0 spiro atoms. The largest absolute Gasteiger partial charge is 0.480 e. The number of anilines is 1. The maximum absolute atomic E-state index is 11.3. The van der Waals surface area contributed by atoms with Gasteiger partial charge in [-0.1, -0.05) is 0 Å². The molecule has 1 aromatic carbocycles. The normalized spacial score (nSPS) is 11.7. The fourth-order valence-electron chi connectivity index (χ4n) is 1.38. The van der Waals surface area contributed by atoms with Crippen LogP contribution in [0, 0.1) is 10.1 Å². The highest BCUT2D eigenvalue weighted by atomic mass is 16.6. The van der Waals surface area contributed by atoms with Gasteiger partial charge in [0.25, 0.3) is 5.69 Å². The second-order valence-corrected chi connectivity index (χ2v) is 3.75. The van der Waals surface area contributed by atoms with Gasteiger partial charge in [-0.3, -0.25) is 19.7 Å². The molecule has 0 aliphatic carbocycles. The van der Waals surface area contributed by atoms with E-state index in [1.165, 1.54) is 32.0 Å². The van der Waals surface area contributed by atoms with Crippen LogP contribution in [0.15, 0.2) is 18.2 Å². The van der Waals surface area contributed by atoms with Crippen molar-refractivity contribution in [1.29, 1.82) is 0 Å². The average molecular weight is 252 g/mol. The monoisotopic (exact) mass is 252 g/mol. The fraction of sp³-hybridized carbons (Fsp3) is 0.273. The van der Waals surface area contributed by atoms with Gasteiger partial charge in [-0.25, -0.2) is 0 Å². The third-order valence-electron chi connectivity index (χ3n) is 2.33. The summed E-state index contributed by atoms with van der Waals surface area (Å²) in [7, 11) is 0. The Morgan fingerprint density at radius 3 is 2.50 bits per heavy atom. The molecule has 7 heteroatoms. The predicted octanol–water partition coefficient (Wildman–Crippen LogP) is 1.68. The molecule has 96 valence electrons. The number of ketones is 1. The van der Waals surface area contributed by atoms with Crippen LogP contribution in [-0.2, 0) is 4.79 Å². The van der Waals surface area contributed by atoms with Crippen LogP contribution in [0.2, 0.25) is 0 Å². The molecule has 7 nitrogen and oxygen atoms in total. The first-order valence-electron chi connectivity index (χ1n) is 5.11. The van der Waals surface area contributed by atoms with Gasteiger partial charge in [0.2, 0.25) is 0 Å².